The molecule has 0 unspecified atom stereocenters. The quantitative estimate of drug-likeness (QED) is 0.330. The molecule has 0 aromatic heterocycles. The second-order valence-corrected chi connectivity index (χ2v) is 5.84. The molecule has 0 bridgehead atoms. The summed E-state index contributed by atoms with van der Waals surface area (Å²) in [6, 6.07) is 0. The van der Waals surface area contributed by atoms with E-state index in [1.807, 2.05) is 0 Å². The van der Waals surface area contributed by atoms with Crippen LogP contribution in [0.5, 0.6) is 0 Å². The molecular weight excluding hydrogens is 280 g/mol. The van der Waals surface area contributed by atoms with E-state index in [2.05, 4.69) is 13.5 Å². The molecule has 0 radical (unpaired) electrons. The maximum Gasteiger partial charge on any atom is 0.235 e. The van der Waals surface area contributed by atoms with Crippen molar-refractivity contribution in [3.05, 3.63) is 23.7 Å². The number of ketones is 2. The smallest absolute Gasteiger partial charge is 0.235 e. The molecule has 124 valence electrons. The summed E-state index contributed by atoms with van der Waals surface area (Å²) in [6.07, 6.45) is 12.1. The van der Waals surface area contributed by atoms with Crippen LogP contribution in [0.1, 0.15) is 71.1 Å². The van der Waals surface area contributed by atoms with Crippen molar-refractivity contribution in [1.29, 1.82) is 0 Å². The number of carbonyl (C=O) groups excluding carboxylic acids is 2. The number of unbranched alkanes of at least 4 members (excludes halogenated alkanes) is 9. The van der Waals surface area contributed by atoms with E-state index in [1.54, 1.807) is 0 Å². The third-order valence-electron chi connectivity index (χ3n) is 3.93. The predicted octanol–water partition coefficient (Wildman–Crippen LogP) is 4.40. The molecule has 4 nitrogen and oxygen atoms in total. The van der Waals surface area contributed by atoms with E-state index in [4.69, 9.17) is 4.74 Å². The minimum Gasteiger partial charge on any atom is -0.501 e. The third kappa shape index (κ3) is 5.66. The summed E-state index contributed by atoms with van der Waals surface area (Å²) >= 11 is 0. The Hall–Kier alpha value is -1.58. The Kier molecular flexibility index (Phi) is 8.56. The van der Waals surface area contributed by atoms with Crippen molar-refractivity contribution < 1.29 is 19.4 Å². The van der Waals surface area contributed by atoms with Crippen molar-refractivity contribution in [2.45, 2.75) is 71.1 Å². The van der Waals surface area contributed by atoms with Crippen LogP contribution in [0.4, 0.5) is 0 Å². The summed E-state index contributed by atoms with van der Waals surface area (Å²) in [4.78, 5) is 22.9. The molecule has 0 atom stereocenters. The summed E-state index contributed by atoms with van der Waals surface area (Å²) in [5, 5.41) is 9.48. The maximum absolute atomic E-state index is 11.6. The highest BCUT2D eigenvalue weighted by Gasteiger charge is 2.36. The monoisotopic (exact) mass is 308 g/mol. The first-order valence-corrected chi connectivity index (χ1v) is 8.44. The Bertz CT molecular complexity index is 434. The van der Waals surface area contributed by atoms with Crippen molar-refractivity contribution in [2.24, 2.45) is 0 Å². The van der Waals surface area contributed by atoms with Gasteiger partial charge in [-0.25, -0.2) is 0 Å². The Morgan fingerprint density at radius 1 is 0.864 bits per heavy atom. The van der Waals surface area contributed by atoms with Gasteiger partial charge in [0.05, 0.1) is 12.2 Å². The molecule has 0 aromatic rings. The number of allylic oxidation sites excluding steroid dienone is 2. The van der Waals surface area contributed by atoms with Gasteiger partial charge < -0.3 is 9.84 Å². The minimum atomic E-state index is -0.719. The SMILES string of the molecule is C=C1C(=O)C(O)=C(OCCCCCCCCCCCC)C1=O. The first-order valence-electron chi connectivity index (χ1n) is 8.44. The second-order valence-electron chi connectivity index (χ2n) is 5.84. The van der Waals surface area contributed by atoms with Crippen molar-refractivity contribution >= 4 is 11.6 Å². The number of Topliss-reactive ketones (excluding diaryl/α,β-unsaturated/α-hetero) is 2. The average molecular weight is 308 g/mol. The summed E-state index contributed by atoms with van der Waals surface area (Å²) < 4.78 is 5.24. The molecule has 1 aliphatic rings. The molecular formula is C18H28O4. The Morgan fingerprint density at radius 3 is 1.82 bits per heavy atom. The molecule has 1 rings (SSSR count). The van der Waals surface area contributed by atoms with Gasteiger partial charge in [-0.15, -0.1) is 0 Å². The fraction of sp³-hybridized carbons (Fsp3) is 0.667. The van der Waals surface area contributed by atoms with Crippen LogP contribution in [0.3, 0.4) is 0 Å². The second kappa shape index (κ2) is 10.2. The van der Waals surface area contributed by atoms with Crippen LogP contribution in [-0.4, -0.2) is 23.3 Å². The molecule has 0 saturated carbocycles. The van der Waals surface area contributed by atoms with Gasteiger partial charge in [-0.1, -0.05) is 71.3 Å². The van der Waals surface area contributed by atoms with E-state index in [0.717, 1.165) is 19.3 Å². The van der Waals surface area contributed by atoms with Crippen molar-refractivity contribution in [3.63, 3.8) is 0 Å². The lowest BCUT2D eigenvalue weighted by molar-refractivity contribution is -0.117. The van der Waals surface area contributed by atoms with Gasteiger partial charge in [0.25, 0.3) is 0 Å². The molecule has 4 heteroatoms. The molecule has 1 aliphatic carbocycles. The molecule has 0 heterocycles. The summed E-state index contributed by atoms with van der Waals surface area (Å²) in [7, 11) is 0. The number of carbonyl (C=O) groups is 2. The van der Waals surface area contributed by atoms with Gasteiger partial charge in [-0.05, 0) is 6.42 Å². The molecule has 1 N–H and O–H groups in total. The van der Waals surface area contributed by atoms with E-state index in [0.29, 0.717) is 6.61 Å². The molecule has 0 amide bonds. The minimum absolute atomic E-state index is 0.212. The van der Waals surface area contributed by atoms with E-state index in [1.165, 1.54) is 44.9 Å². The number of aliphatic hydroxyl groups excluding tert-OH is 1. The van der Waals surface area contributed by atoms with Crippen molar-refractivity contribution in [3.8, 4) is 0 Å². The van der Waals surface area contributed by atoms with E-state index in [-0.39, 0.29) is 11.3 Å². The first kappa shape index (κ1) is 18.5. The van der Waals surface area contributed by atoms with E-state index < -0.39 is 17.3 Å². The Balaban J connectivity index is 2.01. The van der Waals surface area contributed by atoms with Crippen LogP contribution in [0.25, 0.3) is 0 Å². The lowest BCUT2D eigenvalue weighted by Crippen LogP contribution is -2.05. The molecule has 0 aliphatic heterocycles. The highest BCUT2D eigenvalue weighted by atomic mass is 16.5. The van der Waals surface area contributed by atoms with Crippen LogP contribution >= 0.6 is 0 Å². The number of rotatable bonds is 12. The lowest BCUT2D eigenvalue weighted by Gasteiger charge is -2.06. The molecule has 0 fully saturated rings. The maximum atomic E-state index is 11.6. The number of ether oxygens (including phenoxy) is 1. The zero-order valence-corrected chi connectivity index (χ0v) is 13.7. The van der Waals surface area contributed by atoms with E-state index in [9.17, 15) is 14.7 Å². The number of hydrogen-bond acceptors (Lipinski definition) is 4. The predicted molar refractivity (Wildman–Crippen MR) is 86.6 cm³/mol. The summed E-state index contributed by atoms with van der Waals surface area (Å²) in [5.74, 6) is -2.13. The molecule has 0 saturated heterocycles. The fourth-order valence-electron chi connectivity index (χ4n) is 2.49. The Morgan fingerprint density at radius 2 is 1.36 bits per heavy atom. The zero-order valence-electron chi connectivity index (χ0n) is 13.7. The standard InChI is InChI=1S/C18H28O4/c1-3-4-5-6-7-8-9-10-11-12-13-22-18-16(20)14(2)15(19)17(18)21/h21H,2-13H2,1H3. The number of aliphatic hydroxyl groups is 1. The molecule has 0 spiro atoms. The van der Waals surface area contributed by atoms with Gasteiger partial charge in [0.15, 0.2) is 0 Å². The molecule has 22 heavy (non-hydrogen) atoms. The number of hydrogen-bond donors (Lipinski definition) is 1. The average Bonchev–Trinajstić information content (AvgIpc) is 2.70. The van der Waals surface area contributed by atoms with Gasteiger partial charge in [0.1, 0.15) is 0 Å². The normalized spacial score (nSPS) is 15.0. The van der Waals surface area contributed by atoms with E-state index >= 15 is 0 Å². The van der Waals surface area contributed by atoms with Gasteiger partial charge in [-0.3, -0.25) is 9.59 Å². The summed E-state index contributed by atoms with van der Waals surface area (Å²) in [5.41, 5.74) is -0.212. The lowest BCUT2D eigenvalue weighted by atomic mass is 10.1. The van der Waals surface area contributed by atoms with Gasteiger partial charge in [-0.2, -0.15) is 0 Å². The third-order valence-corrected chi connectivity index (χ3v) is 3.93. The van der Waals surface area contributed by atoms with Gasteiger partial charge in [0.2, 0.25) is 23.1 Å². The van der Waals surface area contributed by atoms with Crippen LogP contribution in [0.15, 0.2) is 23.7 Å². The fourth-order valence-corrected chi connectivity index (χ4v) is 2.49. The summed E-state index contributed by atoms with van der Waals surface area (Å²) in [6.45, 7) is 5.92. The van der Waals surface area contributed by atoms with Crippen LogP contribution in [0, 0.1) is 0 Å². The zero-order chi connectivity index (χ0) is 16.4. The van der Waals surface area contributed by atoms with Crippen molar-refractivity contribution in [2.75, 3.05) is 6.61 Å². The van der Waals surface area contributed by atoms with Crippen LogP contribution < -0.4 is 0 Å². The van der Waals surface area contributed by atoms with Crippen LogP contribution in [-0.2, 0) is 14.3 Å². The highest BCUT2D eigenvalue weighted by Crippen LogP contribution is 2.22. The van der Waals surface area contributed by atoms with Crippen molar-refractivity contribution in [1.82, 2.24) is 0 Å². The topological polar surface area (TPSA) is 63.6 Å². The van der Waals surface area contributed by atoms with Gasteiger partial charge >= 0.3 is 0 Å². The van der Waals surface area contributed by atoms with Gasteiger partial charge in [0, 0.05) is 0 Å². The molecule has 0 aromatic carbocycles. The Labute approximate surface area is 133 Å². The first-order chi connectivity index (χ1) is 10.6. The largest absolute Gasteiger partial charge is 0.501 e. The van der Waals surface area contributed by atoms with Crippen LogP contribution in [0.2, 0.25) is 0 Å². The highest BCUT2D eigenvalue weighted by molar-refractivity contribution is 6.36.